The first-order valence-corrected chi connectivity index (χ1v) is 3.98. The minimum atomic E-state index is 0.349. The second kappa shape index (κ2) is 3.99. The standard InChI is InChI=1S/C8H7BrN2/c9-7-1-3-8(4-2-7)11-6-5-10/h1-4,11H,6H2. The van der Waals surface area contributed by atoms with Crippen LogP contribution in [0.25, 0.3) is 0 Å². The van der Waals surface area contributed by atoms with Crippen LogP contribution in [-0.4, -0.2) is 6.54 Å². The van der Waals surface area contributed by atoms with Crippen LogP contribution < -0.4 is 5.32 Å². The molecule has 11 heavy (non-hydrogen) atoms. The molecule has 0 radical (unpaired) electrons. The zero-order valence-electron chi connectivity index (χ0n) is 5.84. The summed E-state index contributed by atoms with van der Waals surface area (Å²) in [6.45, 7) is 0.349. The Balaban J connectivity index is 2.60. The van der Waals surface area contributed by atoms with E-state index in [2.05, 4.69) is 21.2 Å². The highest BCUT2D eigenvalue weighted by atomic mass is 79.9. The van der Waals surface area contributed by atoms with Crippen molar-refractivity contribution in [3.8, 4) is 6.07 Å². The predicted octanol–water partition coefficient (Wildman–Crippen LogP) is 2.38. The monoisotopic (exact) mass is 210 g/mol. The van der Waals surface area contributed by atoms with Gasteiger partial charge in [0.05, 0.1) is 6.07 Å². The van der Waals surface area contributed by atoms with Gasteiger partial charge in [-0.1, -0.05) is 15.9 Å². The van der Waals surface area contributed by atoms with E-state index in [-0.39, 0.29) is 0 Å². The van der Waals surface area contributed by atoms with Crippen LogP contribution >= 0.6 is 15.9 Å². The van der Waals surface area contributed by atoms with E-state index in [1.165, 1.54) is 0 Å². The van der Waals surface area contributed by atoms with E-state index in [1.807, 2.05) is 30.3 Å². The molecule has 0 atom stereocenters. The van der Waals surface area contributed by atoms with Crippen LogP contribution in [0.5, 0.6) is 0 Å². The maximum Gasteiger partial charge on any atom is 0.103 e. The lowest BCUT2D eigenvalue weighted by molar-refractivity contribution is 1.32. The van der Waals surface area contributed by atoms with Crippen LogP contribution in [0.3, 0.4) is 0 Å². The van der Waals surface area contributed by atoms with Crippen molar-refractivity contribution in [2.75, 3.05) is 11.9 Å². The van der Waals surface area contributed by atoms with Crippen molar-refractivity contribution in [3.05, 3.63) is 28.7 Å². The number of nitriles is 1. The lowest BCUT2D eigenvalue weighted by Crippen LogP contribution is -1.97. The molecule has 0 saturated heterocycles. The fourth-order valence-electron chi connectivity index (χ4n) is 0.709. The Hall–Kier alpha value is -1.01. The summed E-state index contributed by atoms with van der Waals surface area (Å²) in [7, 11) is 0. The molecular weight excluding hydrogens is 204 g/mol. The summed E-state index contributed by atoms with van der Waals surface area (Å²) in [4.78, 5) is 0. The first-order chi connectivity index (χ1) is 5.33. The summed E-state index contributed by atoms with van der Waals surface area (Å²) in [5.74, 6) is 0. The Morgan fingerprint density at radius 3 is 2.55 bits per heavy atom. The lowest BCUT2D eigenvalue weighted by atomic mass is 10.3. The molecule has 1 aromatic rings. The van der Waals surface area contributed by atoms with Crippen molar-refractivity contribution in [2.24, 2.45) is 0 Å². The fourth-order valence-corrected chi connectivity index (χ4v) is 0.974. The quantitative estimate of drug-likeness (QED) is 0.762. The van der Waals surface area contributed by atoms with Gasteiger partial charge in [-0.15, -0.1) is 0 Å². The molecule has 0 aromatic heterocycles. The number of benzene rings is 1. The smallest absolute Gasteiger partial charge is 0.103 e. The number of nitrogens with one attached hydrogen (secondary N) is 1. The average molecular weight is 211 g/mol. The lowest BCUT2D eigenvalue weighted by Gasteiger charge is -1.99. The summed E-state index contributed by atoms with van der Waals surface area (Å²) in [6.07, 6.45) is 0. The number of hydrogen-bond donors (Lipinski definition) is 1. The summed E-state index contributed by atoms with van der Waals surface area (Å²) < 4.78 is 1.04. The number of anilines is 1. The van der Waals surface area contributed by atoms with E-state index in [4.69, 9.17) is 5.26 Å². The van der Waals surface area contributed by atoms with Crippen molar-refractivity contribution in [1.82, 2.24) is 0 Å². The highest BCUT2D eigenvalue weighted by molar-refractivity contribution is 9.10. The molecule has 0 aliphatic carbocycles. The maximum atomic E-state index is 8.26. The highest BCUT2D eigenvalue weighted by Crippen LogP contribution is 2.13. The van der Waals surface area contributed by atoms with Crippen molar-refractivity contribution < 1.29 is 0 Å². The van der Waals surface area contributed by atoms with Gasteiger partial charge in [0.1, 0.15) is 6.54 Å². The molecule has 3 heteroatoms. The third-order valence-electron chi connectivity index (χ3n) is 1.22. The molecule has 1 rings (SSSR count). The molecule has 0 bridgehead atoms. The molecule has 1 aromatic carbocycles. The van der Waals surface area contributed by atoms with E-state index in [0.29, 0.717) is 6.54 Å². The molecule has 0 unspecified atom stereocenters. The minimum Gasteiger partial charge on any atom is -0.372 e. The predicted molar refractivity (Wildman–Crippen MR) is 48.2 cm³/mol. The van der Waals surface area contributed by atoms with Gasteiger partial charge in [0.15, 0.2) is 0 Å². The molecule has 0 spiro atoms. The third-order valence-corrected chi connectivity index (χ3v) is 1.74. The minimum absolute atomic E-state index is 0.349. The van der Waals surface area contributed by atoms with E-state index >= 15 is 0 Å². The van der Waals surface area contributed by atoms with Crippen molar-refractivity contribution in [3.63, 3.8) is 0 Å². The Bertz CT molecular complexity index is 260. The first kappa shape index (κ1) is 8.09. The second-order valence-corrected chi connectivity index (χ2v) is 2.93. The van der Waals surface area contributed by atoms with E-state index in [1.54, 1.807) is 0 Å². The van der Waals surface area contributed by atoms with Crippen LogP contribution in [0.4, 0.5) is 5.69 Å². The molecule has 0 fully saturated rings. The zero-order chi connectivity index (χ0) is 8.10. The molecule has 0 heterocycles. The van der Waals surface area contributed by atoms with Crippen LogP contribution in [0.15, 0.2) is 28.7 Å². The average Bonchev–Trinajstić information content (AvgIpc) is 2.04. The highest BCUT2D eigenvalue weighted by Gasteiger charge is 1.88. The van der Waals surface area contributed by atoms with E-state index in [9.17, 15) is 0 Å². The third kappa shape index (κ3) is 2.60. The summed E-state index contributed by atoms with van der Waals surface area (Å²) >= 11 is 3.32. The van der Waals surface area contributed by atoms with Gasteiger partial charge in [-0.05, 0) is 24.3 Å². The van der Waals surface area contributed by atoms with Gasteiger partial charge in [-0.2, -0.15) is 5.26 Å². The van der Waals surface area contributed by atoms with Crippen LogP contribution in [0, 0.1) is 11.3 Å². The van der Waals surface area contributed by atoms with Gasteiger partial charge in [0, 0.05) is 10.2 Å². The number of nitrogens with zero attached hydrogens (tertiary/aromatic N) is 1. The van der Waals surface area contributed by atoms with Crippen LogP contribution in [-0.2, 0) is 0 Å². The summed E-state index contributed by atoms with van der Waals surface area (Å²) in [5.41, 5.74) is 0.967. The Labute approximate surface area is 74.0 Å². The molecule has 2 nitrogen and oxygen atoms in total. The van der Waals surface area contributed by atoms with Gasteiger partial charge in [0.2, 0.25) is 0 Å². The van der Waals surface area contributed by atoms with Crippen LogP contribution in [0.2, 0.25) is 0 Å². The van der Waals surface area contributed by atoms with Crippen molar-refractivity contribution in [2.45, 2.75) is 0 Å². The van der Waals surface area contributed by atoms with Gasteiger partial charge in [0.25, 0.3) is 0 Å². The molecule has 0 amide bonds. The van der Waals surface area contributed by atoms with Crippen molar-refractivity contribution >= 4 is 21.6 Å². The normalized spacial score (nSPS) is 8.73. The number of halogens is 1. The maximum absolute atomic E-state index is 8.26. The topological polar surface area (TPSA) is 35.8 Å². The largest absolute Gasteiger partial charge is 0.372 e. The van der Waals surface area contributed by atoms with Crippen LogP contribution in [0.1, 0.15) is 0 Å². The van der Waals surface area contributed by atoms with Crippen molar-refractivity contribution in [1.29, 1.82) is 5.26 Å². The summed E-state index contributed by atoms with van der Waals surface area (Å²) in [6, 6.07) is 9.70. The van der Waals surface area contributed by atoms with Gasteiger partial charge in [-0.3, -0.25) is 0 Å². The van der Waals surface area contributed by atoms with E-state index in [0.717, 1.165) is 10.2 Å². The SMILES string of the molecule is N#CCNc1ccc(Br)cc1. The van der Waals surface area contributed by atoms with E-state index < -0.39 is 0 Å². The van der Waals surface area contributed by atoms with Gasteiger partial charge in [-0.25, -0.2) is 0 Å². The second-order valence-electron chi connectivity index (χ2n) is 2.02. The first-order valence-electron chi connectivity index (χ1n) is 3.19. The zero-order valence-corrected chi connectivity index (χ0v) is 7.43. The molecule has 0 aliphatic heterocycles. The molecular formula is C8H7BrN2. The number of rotatable bonds is 2. The summed E-state index contributed by atoms with van der Waals surface area (Å²) in [5, 5.41) is 11.2. The molecule has 56 valence electrons. The van der Waals surface area contributed by atoms with Gasteiger partial charge < -0.3 is 5.32 Å². The molecule has 0 saturated carbocycles. The Morgan fingerprint density at radius 1 is 1.36 bits per heavy atom. The fraction of sp³-hybridized carbons (Fsp3) is 0.125. The van der Waals surface area contributed by atoms with Gasteiger partial charge >= 0.3 is 0 Å². The molecule has 0 aliphatic rings. The Morgan fingerprint density at radius 2 is 2.00 bits per heavy atom. The Kier molecular flexibility index (Phi) is 2.94. The molecule has 1 N–H and O–H groups in total. The number of hydrogen-bond acceptors (Lipinski definition) is 2.